The summed E-state index contributed by atoms with van der Waals surface area (Å²) in [7, 11) is 3.29. The first-order valence-corrected chi connectivity index (χ1v) is 39.8. The van der Waals surface area contributed by atoms with Gasteiger partial charge in [0.25, 0.3) is 0 Å². The van der Waals surface area contributed by atoms with E-state index in [0.717, 1.165) is 59.9 Å². The summed E-state index contributed by atoms with van der Waals surface area (Å²) in [5.74, 6) is 0.797. The number of methoxy groups -OCH3 is 2. The van der Waals surface area contributed by atoms with Crippen LogP contribution in [0.3, 0.4) is 0 Å². The fraction of sp³-hybridized carbons (Fsp3) is 0.762. The van der Waals surface area contributed by atoms with E-state index in [1.54, 1.807) is 14.2 Å². The van der Waals surface area contributed by atoms with Crippen LogP contribution in [0, 0.1) is 0 Å². The molecule has 109 heavy (non-hydrogen) atoms. The molecule has 1 aliphatic rings. The molecule has 1 N–H and O–H groups in total. The van der Waals surface area contributed by atoms with E-state index in [4.69, 9.17) is 123 Å². The lowest BCUT2D eigenvalue weighted by Gasteiger charge is -2.33. The first kappa shape index (κ1) is 97.6. The number of carbonyl (C=O) groups is 1. The standard InChI is InChI=1S/C80H134BrNO27/c1-79(2,3)109-78(83)82-20-6-7-23-108-73-14-10-70(11-15-73)71-12-16-74-75-17-13-72(81)69-77(75)80(76(74)68-71,18-8-21-86-28-30-90-36-38-94-44-46-98-52-54-102-60-62-106-66-64-104-58-56-100-50-48-96-42-40-92-34-32-88-26-24-84-4)19-9-22-87-29-31-91-37-39-95-45-47-99-53-55-103-61-63-107-67-65-105-59-57-101-51-49-97-43-41-93-35-33-89-27-25-85-5/h10-17,68-69H,6-9,18-67H2,1-5H3,(H,82,83). The zero-order chi connectivity index (χ0) is 77.5. The van der Waals surface area contributed by atoms with E-state index in [1.165, 1.54) is 22.3 Å². The van der Waals surface area contributed by atoms with E-state index in [1.807, 2.05) is 32.9 Å². The number of fused-ring (bicyclic) bond motifs is 3. The van der Waals surface area contributed by atoms with Gasteiger partial charge in [-0.3, -0.25) is 0 Å². The lowest BCUT2D eigenvalue weighted by molar-refractivity contribution is -0.0281. The lowest BCUT2D eigenvalue weighted by atomic mass is 9.71. The summed E-state index contributed by atoms with van der Waals surface area (Å²) in [4.78, 5) is 12.0. The number of rotatable bonds is 81. The van der Waals surface area contributed by atoms with Gasteiger partial charge in [0.05, 0.1) is 297 Å². The molecule has 29 heteroatoms. The van der Waals surface area contributed by atoms with Crippen LogP contribution in [0.4, 0.5) is 4.79 Å². The number of hydrogen-bond acceptors (Lipinski definition) is 27. The summed E-state index contributed by atoms with van der Waals surface area (Å²) >= 11 is 3.84. The second-order valence-corrected chi connectivity index (χ2v) is 26.6. The molecule has 0 unspecified atom stereocenters. The van der Waals surface area contributed by atoms with Gasteiger partial charge in [-0.2, -0.15) is 0 Å². The highest BCUT2D eigenvalue weighted by molar-refractivity contribution is 9.10. The first-order valence-electron chi connectivity index (χ1n) is 39.0. The Hall–Kier alpha value is -3.75. The van der Waals surface area contributed by atoms with Gasteiger partial charge in [-0.1, -0.05) is 46.3 Å². The predicted octanol–water partition coefficient (Wildman–Crippen LogP) is 9.28. The molecule has 0 heterocycles. The largest absolute Gasteiger partial charge is 0.494 e. The molecule has 4 rings (SSSR count). The van der Waals surface area contributed by atoms with Gasteiger partial charge < -0.3 is 128 Å². The Labute approximate surface area is 658 Å². The molecule has 28 nitrogen and oxygen atoms in total. The minimum atomic E-state index is -0.534. The van der Waals surface area contributed by atoms with E-state index in [-0.39, 0.29) is 5.41 Å². The fourth-order valence-corrected chi connectivity index (χ4v) is 11.2. The molecule has 1 aliphatic carbocycles. The van der Waals surface area contributed by atoms with Gasteiger partial charge in [0.15, 0.2) is 0 Å². The number of benzene rings is 3. The van der Waals surface area contributed by atoms with Crippen molar-refractivity contribution in [2.24, 2.45) is 0 Å². The first-order chi connectivity index (χ1) is 53.7. The lowest BCUT2D eigenvalue weighted by Crippen LogP contribution is -2.33. The molecule has 0 fully saturated rings. The Balaban J connectivity index is 1.05. The Bertz CT molecular complexity index is 2470. The average Bonchev–Trinajstić information content (AvgIpc) is 1.57. The number of halogens is 1. The number of nitrogens with one attached hydrogen (secondary N) is 1. The average molecular weight is 1620 g/mol. The molecule has 3 aromatic carbocycles. The molecule has 0 aromatic heterocycles. The fourth-order valence-electron chi connectivity index (χ4n) is 10.8. The Kier molecular flexibility index (Phi) is 62.4. The molecular formula is C80H134BrNO27. The van der Waals surface area contributed by atoms with E-state index in [2.05, 4.69) is 69.8 Å². The van der Waals surface area contributed by atoms with Gasteiger partial charge in [-0.05, 0) is 123 Å². The molecule has 1 amide bonds. The maximum Gasteiger partial charge on any atom is 0.407 e. The van der Waals surface area contributed by atoms with Gasteiger partial charge in [0, 0.05) is 43.9 Å². The van der Waals surface area contributed by atoms with Crippen molar-refractivity contribution in [3.8, 4) is 28.0 Å². The molecule has 0 radical (unpaired) electrons. The summed E-state index contributed by atoms with van der Waals surface area (Å²) in [5.41, 5.74) is 6.51. The molecule has 3 aromatic rings. The van der Waals surface area contributed by atoms with Crippen LogP contribution in [0.5, 0.6) is 5.75 Å². The second-order valence-electron chi connectivity index (χ2n) is 25.7. The van der Waals surface area contributed by atoms with Gasteiger partial charge in [-0.25, -0.2) is 4.79 Å². The smallest absolute Gasteiger partial charge is 0.407 e. The SMILES string of the molecule is COCCOCCOCCOCCOCCOCCOCCOCCOCCOCCOCCOCCCC1(CCCOCCOCCOCCOCCOCCOCCOCCOCCOCCOCCOCCOC)c2cc(Br)ccc2-c2ccc(-c3ccc(OCCCCNC(=O)OC(C)(C)C)cc3)cc21. The third kappa shape index (κ3) is 52.4. The molecule has 0 spiro atoms. The van der Waals surface area contributed by atoms with E-state index in [9.17, 15) is 4.79 Å². The Morgan fingerprint density at radius 1 is 0.312 bits per heavy atom. The highest BCUT2D eigenvalue weighted by Crippen LogP contribution is 2.55. The summed E-state index contributed by atoms with van der Waals surface area (Å²) in [6, 6.07) is 21.9. The molecular weight excluding hydrogens is 1490 g/mol. The highest BCUT2D eigenvalue weighted by atomic mass is 79.9. The van der Waals surface area contributed by atoms with Gasteiger partial charge in [0.2, 0.25) is 0 Å². The number of ether oxygens (including phenoxy) is 26. The number of unbranched alkanes of at least 4 members (excludes halogenated alkanes) is 1. The molecule has 0 saturated heterocycles. The van der Waals surface area contributed by atoms with E-state index in [0.29, 0.717) is 317 Å². The summed E-state index contributed by atoms with van der Waals surface area (Å²) < 4.78 is 146. The van der Waals surface area contributed by atoms with Crippen molar-refractivity contribution in [2.75, 3.05) is 331 Å². The summed E-state index contributed by atoms with van der Waals surface area (Å²) in [6.45, 7) is 29.6. The Morgan fingerprint density at radius 3 is 0.872 bits per heavy atom. The van der Waals surface area contributed by atoms with Gasteiger partial charge in [-0.15, -0.1) is 0 Å². The van der Waals surface area contributed by atoms with Gasteiger partial charge in [0.1, 0.15) is 11.4 Å². The van der Waals surface area contributed by atoms with Crippen LogP contribution >= 0.6 is 15.9 Å². The van der Waals surface area contributed by atoms with Crippen molar-refractivity contribution in [3.63, 3.8) is 0 Å². The molecule has 0 atom stereocenters. The molecule has 0 bridgehead atoms. The van der Waals surface area contributed by atoms with Crippen molar-refractivity contribution < 1.29 is 128 Å². The summed E-state index contributed by atoms with van der Waals surface area (Å²) in [6.07, 6.45) is 4.59. The molecule has 0 saturated carbocycles. The van der Waals surface area contributed by atoms with Crippen LogP contribution in [-0.2, 0) is 124 Å². The number of amides is 1. The topological polar surface area (TPSA) is 269 Å². The third-order valence-corrected chi connectivity index (χ3v) is 16.6. The predicted molar refractivity (Wildman–Crippen MR) is 415 cm³/mol. The molecule has 628 valence electrons. The maximum absolute atomic E-state index is 12.0. The second kappa shape index (κ2) is 69.7. The van der Waals surface area contributed by atoms with Crippen molar-refractivity contribution in [1.82, 2.24) is 5.32 Å². The van der Waals surface area contributed by atoms with Crippen molar-refractivity contribution in [2.45, 2.75) is 70.3 Å². The highest BCUT2D eigenvalue weighted by Gasteiger charge is 2.43. The van der Waals surface area contributed by atoms with Crippen LogP contribution in [0.2, 0.25) is 0 Å². The van der Waals surface area contributed by atoms with Crippen LogP contribution in [0.15, 0.2) is 65.1 Å². The quantitative estimate of drug-likeness (QED) is 0.0516. The number of alkyl carbamates (subject to hydrolysis) is 1. The van der Waals surface area contributed by atoms with Gasteiger partial charge >= 0.3 is 6.09 Å². The van der Waals surface area contributed by atoms with E-state index < -0.39 is 11.7 Å². The van der Waals surface area contributed by atoms with Crippen LogP contribution in [-0.4, -0.2) is 343 Å². The number of carbonyl (C=O) groups excluding carboxylic acids is 1. The Morgan fingerprint density at radius 2 is 0.578 bits per heavy atom. The molecule has 0 aliphatic heterocycles. The van der Waals surface area contributed by atoms with E-state index >= 15 is 0 Å². The monoisotopic (exact) mass is 1620 g/mol. The van der Waals surface area contributed by atoms with Crippen LogP contribution in [0.25, 0.3) is 22.3 Å². The summed E-state index contributed by atoms with van der Waals surface area (Å²) in [5, 5.41) is 2.82. The zero-order valence-electron chi connectivity index (χ0n) is 66.4. The normalized spacial score (nSPS) is 12.5. The van der Waals surface area contributed by atoms with Crippen molar-refractivity contribution in [3.05, 3.63) is 76.3 Å². The third-order valence-electron chi connectivity index (χ3n) is 16.1. The van der Waals surface area contributed by atoms with Crippen molar-refractivity contribution in [1.29, 1.82) is 0 Å². The minimum Gasteiger partial charge on any atom is -0.494 e. The number of hydrogen-bond donors (Lipinski definition) is 1. The van der Waals surface area contributed by atoms with Crippen LogP contribution in [0.1, 0.15) is 70.4 Å². The van der Waals surface area contributed by atoms with Crippen LogP contribution < -0.4 is 10.1 Å². The zero-order valence-corrected chi connectivity index (χ0v) is 67.9. The minimum absolute atomic E-state index is 0.299. The maximum atomic E-state index is 12.0. The van der Waals surface area contributed by atoms with Crippen molar-refractivity contribution >= 4 is 22.0 Å².